The first kappa shape index (κ1) is 15.6. The topological polar surface area (TPSA) is 49.8 Å². The molecule has 0 bridgehead atoms. The molecule has 1 saturated carbocycles. The van der Waals surface area contributed by atoms with E-state index in [-0.39, 0.29) is 12.4 Å². The molecule has 1 fully saturated rings. The van der Waals surface area contributed by atoms with E-state index in [0.29, 0.717) is 18.7 Å². The highest BCUT2D eigenvalue weighted by atomic mass is 19.4. The Hall–Kier alpha value is -1.76. The number of rotatable bonds is 6. The minimum absolute atomic E-state index is 0.0419. The van der Waals surface area contributed by atoms with Gasteiger partial charge < -0.3 is 14.7 Å². The van der Waals surface area contributed by atoms with Crippen molar-refractivity contribution < 1.29 is 27.8 Å². The van der Waals surface area contributed by atoms with Gasteiger partial charge >= 0.3 is 12.1 Å². The molecule has 0 unspecified atom stereocenters. The third-order valence-corrected chi connectivity index (χ3v) is 3.41. The Labute approximate surface area is 120 Å². The lowest BCUT2D eigenvalue weighted by atomic mass is 10.1. The van der Waals surface area contributed by atoms with Gasteiger partial charge in [0, 0.05) is 12.6 Å². The van der Waals surface area contributed by atoms with Gasteiger partial charge in [-0.15, -0.1) is 0 Å². The molecule has 21 heavy (non-hydrogen) atoms. The molecule has 0 radical (unpaired) electrons. The van der Waals surface area contributed by atoms with Crippen molar-refractivity contribution in [3.63, 3.8) is 0 Å². The molecule has 1 aliphatic carbocycles. The summed E-state index contributed by atoms with van der Waals surface area (Å²) >= 11 is 0. The highest BCUT2D eigenvalue weighted by Gasteiger charge is 2.32. The van der Waals surface area contributed by atoms with Crippen molar-refractivity contribution in [1.82, 2.24) is 4.90 Å². The minimum atomic E-state index is -4.57. The van der Waals surface area contributed by atoms with E-state index >= 15 is 0 Å². The zero-order valence-electron chi connectivity index (χ0n) is 11.5. The van der Waals surface area contributed by atoms with E-state index < -0.39 is 23.3 Å². The minimum Gasteiger partial charge on any atom is -0.491 e. The average molecular weight is 303 g/mol. The van der Waals surface area contributed by atoms with Crippen LogP contribution in [-0.4, -0.2) is 42.2 Å². The van der Waals surface area contributed by atoms with Crippen molar-refractivity contribution in [1.29, 1.82) is 0 Å². The Morgan fingerprint density at radius 3 is 2.62 bits per heavy atom. The van der Waals surface area contributed by atoms with Crippen LogP contribution < -0.4 is 4.74 Å². The van der Waals surface area contributed by atoms with Crippen LogP contribution in [0.15, 0.2) is 18.2 Å². The van der Waals surface area contributed by atoms with Gasteiger partial charge in [0.15, 0.2) is 0 Å². The molecule has 0 saturated heterocycles. The number of halogens is 3. The Balaban J connectivity index is 2.05. The number of aromatic carboxylic acids is 1. The second-order valence-corrected chi connectivity index (χ2v) is 5.07. The molecule has 2 rings (SSSR count). The summed E-state index contributed by atoms with van der Waals surface area (Å²) in [6.45, 7) is 0.837. The third-order valence-electron chi connectivity index (χ3n) is 3.41. The normalized spacial score (nSPS) is 15.3. The number of carboxylic acids is 1. The van der Waals surface area contributed by atoms with Gasteiger partial charge in [0.05, 0.1) is 5.56 Å². The van der Waals surface area contributed by atoms with Crippen molar-refractivity contribution in [3.05, 3.63) is 29.3 Å². The first-order valence-corrected chi connectivity index (χ1v) is 6.56. The first-order valence-electron chi connectivity index (χ1n) is 6.56. The van der Waals surface area contributed by atoms with Crippen LogP contribution in [0.3, 0.4) is 0 Å². The van der Waals surface area contributed by atoms with Gasteiger partial charge in [-0.25, -0.2) is 4.79 Å². The number of likely N-dealkylation sites (N-methyl/N-ethyl adjacent to an activating group) is 1. The molecule has 0 aromatic heterocycles. The summed E-state index contributed by atoms with van der Waals surface area (Å²) in [7, 11) is 1.94. The van der Waals surface area contributed by atoms with Gasteiger partial charge in [0.1, 0.15) is 17.9 Å². The number of carbonyl (C=O) groups is 1. The predicted octanol–water partition coefficient (Wildman–Crippen LogP) is 2.88. The maximum absolute atomic E-state index is 12.6. The average Bonchev–Trinajstić information content (AvgIpc) is 3.21. The molecule has 0 spiro atoms. The monoisotopic (exact) mass is 303 g/mol. The lowest BCUT2D eigenvalue weighted by Gasteiger charge is -2.17. The van der Waals surface area contributed by atoms with Crippen LogP contribution in [0.1, 0.15) is 28.8 Å². The lowest BCUT2D eigenvalue weighted by molar-refractivity contribution is -0.137. The van der Waals surface area contributed by atoms with E-state index in [1.54, 1.807) is 0 Å². The molecule has 4 nitrogen and oxygen atoms in total. The number of hydrogen-bond acceptors (Lipinski definition) is 3. The highest BCUT2D eigenvalue weighted by molar-refractivity contribution is 5.91. The molecule has 0 atom stereocenters. The Morgan fingerprint density at radius 1 is 1.43 bits per heavy atom. The molecule has 1 N–H and O–H groups in total. The van der Waals surface area contributed by atoms with Crippen LogP contribution in [0, 0.1) is 0 Å². The summed E-state index contributed by atoms with van der Waals surface area (Å²) < 4.78 is 43.1. The molecule has 0 heterocycles. The van der Waals surface area contributed by atoms with Gasteiger partial charge in [-0.05, 0) is 38.1 Å². The summed E-state index contributed by atoms with van der Waals surface area (Å²) in [5, 5.41) is 9.00. The third kappa shape index (κ3) is 4.10. The number of nitrogens with zero attached hydrogens (tertiary/aromatic N) is 1. The van der Waals surface area contributed by atoms with Gasteiger partial charge in [-0.2, -0.15) is 13.2 Å². The summed E-state index contributed by atoms with van der Waals surface area (Å²) in [5.41, 5.74) is -1.47. The largest absolute Gasteiger partial charge is 0.491 e. The van der Waals surface area contributed by atoms with Crippen LogP contribution in [0.25, 0.3) is 0 Å². The Morgan fingerprint density at radius 2 is 2.10 bits per heavy atom. The quantitative estimate of drug-likeness (QED) is 0.878. The van der Waals surface area contributed by atoms with E-state index in [2.05, 4.69) is 4.90 Å². The molecule has 7 heteroatoms. The van der Waals surface area contributed by atoms with Crippen molar-refractivity contribution in [2.24, 2.45) is 0 Å². The fourth-order valence-corrected chi connectivity index (χ4v) is 2.00. The summed E-state index contributed by atoms with van der Waals surface area (Å²) in [6, 6.07) is 3.03. The van der Waals surface area contributed by atoms with Crippen molar-refractivity contribution in [2.45, 2.75) is 25.1 Å². The molecular weight excluding hydrogens is 287 g/mol. The number of alkyl halides is 3. The fourth-order valence-electron chi connectivity index (χ4n) is 2.00. The second kappa shape index (κ2) is 5.93. The molecule has 1 aliphatic rings. The SMILES string of the molecule is CN(CCOc1ccc(C(F)(F)F)cc1C(=O)O)C1CC1. The molecule has 0 aliphatic heterocycles. The molecular formula is C14H16F3NO3. The van der Waals surface area contributed by atoms with Crippen molar-refractivity contribution >= 4 is 5.97 Å². The van der Waals surface area contributed by atoms with E-state index in [0.717, 1.165) is 25.0 Å². The maximum Gasteiger partial charge on any atom is 0.416 e. The van der Waals surface area contributed by atoms with Crippen LogP contribution in [0.4, 0.5) is 13.2 Å². The van der Waals surface area contributed by atoms with Crippen molar-refractivity contribution in [3.8, 4) is 5.75 Å². The Bertz CT molecular complexity index is 527. The molecule has 1 aromatic rings. The molecule has 1 aromatic carbocycles. The summed E-state index contributed by atoms with van der Waals surface area (Å²) in [5.74, 6) is -1.48. The van der Waals surface area contributed by atoms with E-state index in [1.165, 1.54) is 0 Å². The Kier molecular flexibility index (Phi) is 4.41. The molecule has 0 amide bonds. The van der Waals surface area contributed by atoms with Gasteiger partial charge in [0.25, 0.3) is 0 Å². The summed E-state index contributed by atoms with van der Waals surface area (Å²) in [4.78, 5) is 13.1. The maximum atomic E-state index is 12.6. The number of ether oxygens (including phenoxy) is 1. The van der Waals surface area contributed by atoms with Gasteiger partial charge in [-0.3, -0.25) is 0 Å². The lowest BCUT2D eigenvalue weighted by Crippen LogP contribution is -2.26. The highest BCUT2D eigenvalue weighted by Crippen LogP contribution is 2.32. The van der Waals surface area contributed by atoms with Gasteiger partial charge in [0.2, 0.25) is 0 Å². The first-order chi connectivity index (χ1) is 9.79. The van der Waals surface area contributed by atoms with E-state index in [4.69, 9.17) is 9.84 Å². The van der Waals surface area contributed by atoms with Crippen LogP contribution in [-0.2, 0) is 6.18 Å². The van der Waals surface area contributed by atoms with Gasteiger partial charge in [-0.1, -0.05) is 0 Å². The van der Waals surface area contributed by atoms with Crippen LogP contribution >= 0.6 is 0 Å². The van der Waals surface area contributed by atoms with Crippen LogP contribution in [0.2, 0.25) is 0 Å². The van der Waals surface area contributed by atoms with E-state index in [1.807, 2.05) is 7.05 Å². The summed E-state index contributed by atoms with van der Waals surface area (Å²) in [6.07, 6.45) is -2.30. The predicted molar refractivity (Wildman–Crippen MR) is 69.6 cm³/mol. The number of hydrogen-bond donors (Lipinski definition) is 1. The smallest absolute Gasteiger partial charge is 0.416 e. The zero-order chi connectivity index (χ0) is 15.6. The fraction of sp³-hybridized carbons (Fsp3) is 0.500. The van der Waals surface area contributed by atoms with E-state index in [9.17, 15) is 18.0 Å². The number of benzene rings is 1. The second-order valence-electron chi connectivity index (χ2n) is 5.07. The van der Waals surface area contributed by atoms with Crippen molar-refractivity contribution in [2.75, 3.05) is 20.2 Å². The zero-order valence-corrected chi connectivity index (χ0v) is 11.5. The standard InChI is InChI=1S/C14H16F3NO3/c1-18(10-3-4-10)6-7-21-12-5-2-9(14(15,16)17)8-11(12)13(19)20/h2,5,8,10H,3-4,6-7H2,1H3,(H,19,20). The number of carboxylic acid groups (broad SMARTS) is 1. The van der Waals surface area contributed by atoms with Crippen LogP contribution in [0.5, 0.6) is 5.75 Å². The molecule has 116 valence electrons.